The third kappa shape index (κ3) is 7.80. The van der Waals surface area contributed by atoms with Crippen LogP contribution in [0.15, 0.2) is 114 Å². The van der Waals surface area contributed by atoms with Gasteiger partial charge in [0.05, 0.1) is 29.9 Å². The number of rotatable bonds is 16. The molecule has 0 radical (unpaired) electrons. The second-order valence-corrected chi connectivity index (χ2v) is 15.2. The van der Waals surface area contributed by atoms with Gasteiger partial charge in [0.2, 0.25) is 5.79 Å². The lowest BCUT2D eigenvalue weighted by Gasteiger charge is -2.60. The minimum absolute atomic E-state index is 0.0310. The summed E-state index contributed by atoms with van der Waals surface area (Å²) in [6.07, 6.45) is 8.74. The molecule has 10 heteroatoms. The van der Waals surface area contributed by atoms with Crippen LogP contribution in [-0.4, -0.2) is 70.6 Å². The molecule has 1 fully saturated rings. The van der Waals surface area contributed by atoms with Crippen molar-refractivity contribution in [3.63, 3.8) is 0 Å². The van der Waals surface area contributed by atoms with E-state index in [0.717, 1.165) is 53.2 Å². The predicted octanol–water partition coefficient (Wildman–Crippen LogP) is 8.02. The average molecular weight is 770 g/mol. The smallest absolute Gasteiger partial charge is 0.254 e. The molecule has 4 aromatic rings. The van der Waals surface area contributed by atoms with Gasteiger partial charge >= 0.3 is 0 Å². The van der Waals surface area contributed by atoms with Gasteiger partial charge in [-0.15, -0.1) is 6.58 Å². The number of nitrogens with zero attached hydrogens (tertiary/aromatic N) is 3. The molecule has 0 aromatic heterocycles. The van der Waals surface area contributed by atoms with E-state index in [1.54, 1.807) is 48.5 Å². The number of carbonyl (C=O) groups is 1. The van der Waals surface area contributed by atoms with Crippen LogP contribution in [-0.2, 0) is 16.1 Å². The quantitative estimate of drug-likeness (QED) is 0.0591. The summed E-state index contributed by atoms with van der Waals surface area (Å²) in [5.41, 5.74) is 4.24. The number of aliphatic hydroxyl groups is 2. The molecule has 1 saturated carbocycles. The summed E-state index contributed by atoms with van der Waals surface area (Å²) in [7, 11) is 1.52. The molecule has 0 bridgehead atoms. The van der Waals surface area contributed by atoms with Gasteiger partial charge in [-0.25, -0.2) is 0 Å². The van der Waals surface area contributed by atoms with Crippen molar-refractivity contribution in [2.45, 2.75) is 69.2 Å². The predicted molar refractivity (Wildman–Crippen MR) is 219 cm³/mol. The van der Waals surface area contributed by atoms with E-state index in [9.17, 15) is 20.6 Å². The molecule has 6 atom stereocenters. The number of hydrogen-bond donors (Lipinski definition) is 3. The van der Waals surface area contributed by atoms with Crippen molar-refractivity contribution < 1.29 is 34.4 Å². The number of aliphatic hydroxyl groups excluding tert-OH is 2. The Morgan fingerprint density at radius 3 is 2.51 bits per heavy atom. The van der Waals surface area contributed by atoms with E-state index < -0.39 is 17.7 Å². The zero-order valence-electron chi connectivity index (χ0n) is 32.4. The number of benzene rings is 4. The average Bonchev–Trinajstić information content (AvgIpc) is 3.24. The van der Waals surface area contributed by atoms with Gasteiger partial charge in [0.25, 0.3) is 5.91 Å². The van der Waals surface area contributed by atoms with E-state index >= 15 is 4.79 Å². The minimum Gasteiger partial charge on any atom is -0.508 e. The third-order valence-corrected chi connectivity index (χ3v) is 12.0. The fourth-order valence-electron chi connectivity index (χ4n) is 9.56. The molecule has 0 saturated heterocycles. The van der Waals surface area contributed by atoms with Gasteiger partial charge in [0, 0.05) is 43.2 Å². The number of ether oxygens (including phenoxy) is 2. The molecule has 1 amide bonds. The number of aromatic hydroxyl groups is 1. The number of hydrogen-bond acceptors (Lipinski definition) is 9. The molecule has 0 unspecified atom stereocenters. The monoisotopic (exact) mass is 769 g/mol. The molecule has 0 spiro atoms. The third-order valence-electron chi connectivity index (χ3n) is 12.0. The van der Waals surface area contributed by atoms with E-state index in [2.05, 4.69) is 42.1 Å². The van der Waals surface area contributed by atoms with Crippen LogP contribution in [0, 0.1) is 29.1 Å². The van der Waals surface area contributed by atoms with Crippen LogP contribution >= 0.6 is 0 Å². The molecular formula is C47H51N3O7. The van der Waals surface area contributed by atoms with E-state index in [0.29, 0.717) is 35.4 Å². The summed E-state index contributed by atoms with van der Waals surface area (Å²) < 4.78 is 14.3. The molecule has 1 heterocycles. The Morgan fingerprint density at radius 1 is 1.02 bits per heavy atom. The zero-order valence-corrected chi connectivity index (χ0v) is 32.4. The van der Waals surface area contributed by atoms with E-state index in [1.165, 1.54) is 7.11 Å². The summed E-state index contributed by atoms with van der Waals surface area (Å²) in [6.45, 7) is 4.53. The van der Waals surface area contributed by atoms with Crippen LogP contribution in [0.4, 0.5) is 0 Å². The van der Waals surface area contributed by atoms with Crippen LogP contribution in [0.5, 0.6) is 11.5 Å². The first-order valence-electron chi connectivity index (χ1n) is 20.0. The summed E-state index contributed by atoms with van der Waals surface area (Å²) in [4.78, 5) is 22.7. The summed E-state index contributed by atoms with van der Waals surface area (Å²) in [5.74, 6) is -1.70. The molecule has 296 valence electrons. The van der Waals surface area contributed by atoms with Crippen molar-refractivity contribution in [2.24, 2.45) is 22.9 Å². The molecule has 4 aromatic carbocycles. The second-order valence-electron chi connectivity index (χ2n) is 15.2. The highest BCUT2D eigenvalue weighted by atomic mass is 16.7. The summed E-state index contributed by atoms with van der Waals surface area (Å²) >= 11 is 0. The van der Waals surface area contributed by atoms with Crippen LogP contribution in [0.1, 0.15) is 77.9 Å². The highest BCUT2D eigenvalue weighted by Crippen LogP contribution is 2.62. The van der Waals surface area contributed by atoms with Crippen molar-refractivity contribution in [3.8, 4) is 17.6 Å². The Balaban J connectivity index is 1.48. The van der Waals surface area contributed by atoms with Gasteiger partial charge in [0.1, 0.15) is 24.7 Å². The fraction of sp³-hybridized carbons (Fsp3) is 0.383. The maximum absolute atomic E-state index is 15.3. The Kier molecular flexibility index (Phi) is 12.4. The zero-order chi connectivity index (χ0) is 39.9. The lowest BCUT2D eigenvalue weighted by atomic mass is 9.55. The SMILES string of the molecule is C=CCO[C@@]12Oc3ccc(O)cc3[C@H]3[C@H](CCCCO)[C@@H](CCCCO)C=C(C(=NOC)C[C@@H]1N(Cc1cccc4ccccc14)C(=O)c1ccc(C#N)cc1)[C@H]32. The van der Waals surface area contributed by atoms with Gasteiger partial charge in [-0.3, -0.25) is 4.79 Å². The molecule has 2 aliphatic carbocycles. The van der Waals surface area contributed by atoms with Crippen molar-refractivity contribution >= 4 is 22.4 Å². The number of phenols is 1. The Labute approximate surface area is 334 Å². The van der Waals surface area contributed by atoms with Crippen molar-refractivity contribution in [2.75, 3.05) is 26.9 Å². The van der Waals surface area contributed by atoms with E-state index in [-0.39, 0.29) is 62.2 Å². The van der Waals surface area contributed by atoms with Crippen LogP contribution in [0.25, 0.3) is 10.8 Å². The van der Waals surface area contributed by atoms with Crippen molar-refractivity contribution in [1.29, 1.82) is 5.26 Å². The second kappa shape index (κ2) is 17.8. The van der Waals surface area contributed by atoms with Gasteiger partial charge in [-0.05, 0) is 102 Å². The van der Waals surface area contributed by atoms with Gasteiger partial charge in [-0.1, -0.05) is 72.6 Å². The maximum Gasteiger partial charge on any atom is 0.254 e. The number of unbranched alkanes of at least 4 members (excludes halogenated alkanes) is 2. The Bertz CT molecular complexity index is 2170. The number of phenolic OH excluding ortho intramolecular Hbond substituents is 1. The number of oxime groups is 1. The fourth-order valence-corrected chi connectivity index (χ4v) is 9.56. The van der Waals surface area contributed by atoms with Gasteiger partial charge in [0.15, 0.2) is 0 Å². The maximum atomic E-state index is 15.3. The number of carbonyl (C=O) groups excluding carboxylic acids is 1. The topological polar surface area (TPSA) is 145 Å². The highest BCUT2D eigenvalue weighted by Gasteiger charge is 2.65. The van der Waals surface area contributed by atoms with Crippen LogP contribution < -0.4 is 4.74 Å². The normalized spacial score (nSPS) is 24.1. The standard InChI is InChI=1S/C47H51N3O7/c1-3-25-56-47-43(50(46(54)33-19-17-31(29-48)18-20-33)30-35-14-10-13-32-11-4-5-15-37(32)35)28-41(49-55-2)39-26-34(12-6-8-23-51)38(16-7-9-24-52)44(45(39)47)40-27-36(53)21-22-42(40)57-47/h3-5,10-11,13-15,17-22,26-27,34,38,43-45,51-53H,1,6-9,12,16,23-25,28,30H2,2H3/t34-,38+,43-,44+,45+,47+/m0/s1. The lowest BCUT2D eigenvalue weighted by Crippen LogP contribution is -2.70. The van der Waals surface area contributed by atoms with Crippen LogP contribution in [0.3, 0.4) is 0 Å². The van der Waals surface area contributed by atoms with Crippen molar-refractivity contribution in [1.82, 2.24) is 4.90 Å². The number of fused-ring (bicyclic) bond motifs is 3. The number of nitriles is 1. The number of allylic oxidation sites excluding steroid dienone is 1. The molecule has 7 rings (SSSR count). The minimum atomic E-state index is -1.46. The first-order chi connectivity index (χ1) is 27.9. The first kappa shape index (κ1) is 39.8. The molecule has 57 heavy (non-hydrogen) atoms. The molecule has 1 aliphatic heterocycles. The molecule has 10 nitrogen and oxygen atoms in total. The summed E-state index contributed by atoms with van der Waals surface area (Å²) in [6, 6.07) is 27.4. The van der Waals surface area contributed by atoms with E-state index in [1.807, 2.05) is 29.2 Å². The molecular weight excluding hydrogens is 719 g/mol. The van der Waals surface area contributed by atoms with Gasteiger partial charge in [-0.2, -0.15) is 5.26 Å². The Hall–Kier alpha value is -5.47. The Morgan fingerprint density at radius 2 is 1.77 bits per heavy atom. The van der Waals surface area contributed by atoms with Gasteiger partial charge < -0.3 is 34.5 Å². The summed E-state index contributed by atoms with van der Waals surface area (Å²) in [5, 5.41) is 47.0. The largest absolute Gasteiger partial charge is 0.508 e. The highest BCUT2D eigenvalue weighted by molar-refractivity contribution is 6.03. The lowest BCUT2D eigenvalue weighted by molar-refractivity contribution is -0.255. The number of amides is 1. The molecule has 3 aliphatic rings. The van der Waals surface area contributed by atoms with Crippen molar-refractivity contribution in [3.05, 3.63) is 131 Å². The van der Waals surface area contributed by atoms with Crippen LogP contribution in [0.2, 0.25) is 0 Å². The molecule has 3 N–H and O–H groups in total. The van der Waals surface area contributed by atoms with E-state index in [4.69, 9.17) is 14.3 Å². The first-order valence-corrected chi connectivity index (χ1v) is 20.0.